The molecule has 0 unspecified atom stereocenters. The lowest BCUT2D eigenvalue weighted by Gasteiger charge is -2.09. The predicted molar refractivity (Wildman–Crippen MR) is 65.4 cm³/mol. The fourth-order valence-electron chi connectivity index (χ4n) is 1.70. The van der Waals surface area contributed by atoms with Crippen LogP contribution in [0.25, 0.3) is 0 Å². The summed E-state index contributed by atoms with van der Waals surface area (Å²) in [5.74, 6) is 0.0161. The maximum atomic E-state index is 12.6. The first-order chi connectivity index (χ1) is 9.27. The Morgan fingerprint density at radius 2 is 2.00 bits per heavy atom. The molecule has 20 heavy (non-hydrogen) atoms. The van der Waals surface area contributed by atoms with E-state index in [1.54, 1.807) is 13.8 Å². The largest absolute Gasteiger partial charge is 0.445 e. The number of nitrogens with zero attached hydrogens (tertiary/aromatic N) is 1. The molecule has 1 heterocycles. The monoisotopic (exact) mass is 284 g/mol. The van der Waals surface area contributed by atoms with Gasteiger partial charge in [0.25, 0.3) is 5.91 Å². The molecule has 0 aliphatic heterocycles. The van der Waals surface area contributed by atoms with Gasteiger partial charge in [-0.15, -0.1) is 0 Å². The third-order valence-corrected chi connectivity index (χ3v) is 2.57. The summed E-state index contributed by atoms with van der Waals surface area (Å²) in [6, 6.07) is 4.39. The van der Waals surface area contributed by atoms with Crippen molar-refractivity contribution in [2.45, 2.75) is 20.0 Å². The van der Waals surface area contributed by atoms with Gasteiger partial charge in [-0.25, -0.2) is 4.98 Å². The predicted octanol–water partition coefficient (Wildman–Crippen LogP) is 3.56. The number of hydrogen-bond donors (Lipinski definition) is 1. The lowest BCUT2D eigenvalue weighted by atomic mass is 10.2. The van der Waals surface area contributed by atoms with E-state index in [-0.39, 0.29) is 11.4 Å². The van der Waals surface area contributed by atoms with Crippen LogP contribution in [-0.4, -0.2) is 10.9 Å². The SMILES string of the molecule is Cc1nc(C(=O)Nc2cccc(C(F)(F)F)c2)c(C)o1. The van der Waals surface area contributed by atoms with Gasteiger partial charge in [-0.05, 0) is 25.1 Å². The Balaban J connectivity index is 2.22. The summed E-state index contributed by atoms with van der Waals surface area (Å²) in [6.07, 6.45) is -4.46. The first-order valence-electron chi connectivity index (χ1n) is 5.70. The molecular formula is C13H11F3N2O2. The molecule has 7 heteroatoms. The second kappa shape index (κ2) is 4.99. The fourth-order valence-corrected chi connectivity index (χ4v) is 1.70. The number of carbonyl (C=O) groups is 1. The van der Waals surface area contributed by atoms with Gasteiger partial charge < -0.3 is 9.73 Å². The molecule has 2 rings (SSSR count). The second-order valence-corrected chi connectivity index (χ2v) is 4.17. The molecule has 0 aliphatic rings. The summed E-state index contributed by atoms with van der Waals surface area (Å²) in [5, 5.41) is 2.36. The minimum atomic E-state index is -4.46. The van der Waals surface area contributed by atoms with Crippen LogP contribution in [0.2, 0.25) is 0 Å². The maximum absolute atomic E-state index is 12.6. The standard InChI is InChI=1S/C13H11F3N2O2/c1-7-11(17-8(2)20-7)12(19)18-10-5-3-4-9(6-10)13(14,15)16/h3-6H,1-2H3,(H,18,19). The van der Waals surface area contributed by atoms with Gasteiger partial charge in [0.15, 0.2) is 11.6 Å². The molecule has 0 spiro atoms. The average Bonchev–Trinajstić information content (AvgIpc) is 2.68. The number of oxazole rings is 1. The van der Waals surface area contributed by atoms with E-state index in [1.165, 1.54) is 12.1 Å². The van der Waals surface area contributed by atoms with Crippen LogP contribution < -0.4 is 5.32 Å². The molecule has 1 N–H and O–H groups in total. The van der Waals surface area contributed by atoms with E-state index in [2.05, 4.69) is 10.3 Å². The molecule has 0 radical (unpaired) electrons. The number of halogens is 3. The molecule has 1 aromatic heterocycles. The number of alkyl halides is 3. The molecule has 4 nitrogen and oxygen atoms in total. The number of hydrogen-bond acceptors (Lipinski definition) is 3. The Labute approximate surface area is 112 Å². The minimum absolute atomic E-state index is 0.0462. The Hall–Kier alpha value is -2.31. The average molecular weight is 284 g/mol. The van der Waals surface area contributed by atoms with Gasteiger partial charge in [0.2, 0.25) is 0 Å². The van der Waals surface area contributed by atoms with Gasteiger partial charge >= 0.3 is 6.18 Å². The van der Waals surface area contributed by atoms with Gasteiger partial charge in [-0.2, -0.15) is 13.2 Å². The molecular weight excluding hydrogens is 273 g/mol. The van der Waals surface area contributed by atoms with Crippen molar-refractivity contribution >= 4 is 11.6 Å². The van der Waals surface area contributed by atoms with E-state index in [0.717, 1.165) is 12.1 Å². The van der Waals surface area contributed by atoms with Crippen molar-refractivity contribution in [3.8, 4) is 0 Å². The zero-order valence-electron chi connectivity index (χ0n) is 10.7. The molecule has 0 saturated heterocycles. The zero-order valence-corrected chi connectivity index (χ0v) is 10.7. The van der Waals surface area contributed by atoms with Crippen LogP contribution in [0.4, 0.5) is 18.9 Å². The van der Waals surface area contributed by atoms with Gasteiger partial charge in [-0.1, -0.05) is 6.07 Å². The summed E-state index contributed by atoms with van der Waals surface area (Å²) in [4.78, 5) is 15.8. The van der Waals surface area contributed by atoms with Crippen molar-refractivity contribution < 1.29 is 22.4 Å². The number of aromatic nitrogens is 1. The highest BCUT2D eigenvalue weighted by molar-refractivity contribution is 6.03. The van der Waals surface area contributed by atoms with Gasteiger partial charge in [0, 0.05) is 12.6 Å². The first kappa shape index (κ1) is 14.1. The van der Waals surface area contributed by atoms with Crippen LogP contribution in [-0.2, 0) is 6.18 Å². The lowest BCUT2D eigenvalue weighted by Crippen LogP contribution is -2.14. The Kier molecular flexibility index (Phi) is 3.52. The van der Waals surface area contributed by atoms with Gasteiger partial charge in [0.05, 0.1) is 5.56 Å². The van der Waals surface area contributed by atoms with E-state index in [0.29, 0.717) is 11.7 Å². The van der Waals surface area contributed by atoms with E-state index in [9.17, 15) is 18.0 Å². The molecule has 2 aromatic rings. The Bertz CT molecular complexity index is 647. The van der Waals surface area contributed by atoms with Crippen LogP contribution in [0.5, 0.6) is 0 Å². The molecule has 0 fully saturated rings. The van der Waals surface area contributed by atoms with Crippen LogP contribution in [0.15, 0.2) is 28.7 Å². The van der Waals surface area contributed by atoms with E-state index in [4.69, 9.17) is 4.42 Å². The molecule has 1 aromatic carbocycles. The van der Waals surface area contributed by atoms with E-state index >= 15 is 0 Å². The fraction of sp³-hybridized carbons (Fsp3) is 0.231. The highest BCUT2D eigenvalue weighted by Gasteiger charge is 2.30. The Morgan fingerprint density at radius 3 is 2.55 bits per heavy atom. The van der Waals surface area contributed by atoms with E-state index in [1.807, 2.05) is 0 Å². The van der Waals surface area contributed by atoms with Crippen LogP contribution in [0.1, 0.15) is 27.7 Å². The number of benzene rings is 1. The molecule has 0 saturated carbocycles. The number of anilines is 1. The zero-order chi connectivity index (χ0) is 14.9. The summed E-state index contributed by atoms with van der Waals surface area (Å²) in [5.41, 5.74) is -0.729. The number of nitrogens with one attached hydrogen (secondary N) is 1. The number of carbonyl (C=O) groups excluding carboxylic acids is 1. The van der Waals surface area contributed by atoms with Crippen molar-refractivity contribution in [3.05, 3.63) is 47.2 Å². The summed E-state index contributed by atoms with van der Waals surface area (Å²) in [7, 11) is 0. The first-order valence-corrected chi connectivity index (χ1v) is 5.70. The van der Waals surface area contributed by atoms with Crippen molar-refractivity contribution in [2.75, 3.05) is 5.32 Å². The number of rotatable bonds is 2. The third-order valence-electron chi connectivity index (χ3n) is 2.57. The van der Waals surface area contributed by atoms with E-state index < -0.39 is 17.6 Å². The van der Waals surface area contributed by atoms with Crippen molar-refractivity contribution in [2.24, 2.45) is 0 Å². The molecule has 0 aliphatic carbocycles. The summed E-state index contributed by atoms with van der Waals surface area (Å²) >= 11 is 0. The van der Waals surface area contributed by atoms with Gasteiger partial charge in [-0.3, -0.25) is 4.79 Å². The molecule has 106 valence electrons. The minimum Gasteiger partial charge on any atom is -0.445 e. The maximum Gasteiger partial charge on any atom is 0.416 e. The quantitative estimate of drug-likeness (QED) is 0.917. The molecule has 1 amide bonds. The molecule has 0 atom stereocenters. The molecule has 0 bridgehead atoms. The topological polar surface area (TPSA) is 55.1 Å². The van der Waals surface area contributed by atoms with Crippen LogP contribution in [0.3, 0.4) is 0 Å². The number of aryl methyl sites for hydroxylation is 2. The van der Waals surface area contributed by atoms with Crippen molar-refractivity contribution in [1.82, 2.24) is 4.98 Å². The summed E-state index contributed by atoms with van der Waals surface area (Å²) < 4.78 is 42.8. The normalized spacial score (nSPS) is 11.4. The smallest absolute Gasteiger partial charge is 0.416 e. The third kappa shape index (κ3) is 2.98. The van der Waals surface area contributed by atoms with Crippen LogP contribution in [0, 0.1) is 13.8 Å². The Morgan fingerprint density at radius 1 is 1.30 bits per heavy atom. The second-order valence-electron chi connectivity index (χ2n) is 4.17. The highest BCUT2D eigenvalue weighted by Crippen LogP contribution is 2.30. The van der Waals surface area contributed by atoms with Crippen molar-refractivity contribution in [3.63, 3.8) is 0 Å². The van der Waals surface area contributed by atoms with Crippen molar-refractivity contribution in [1.29, 1.82) is 0 Å². The van der Waals surface area contributed by atoms with Gasteiger partial charge in [0.1, 0.15) is 5.76 Å². The lowest BCUT2D eigenvalue weighted by molar-refractivity contribution is -0.137. The highest BCUT2D eigenvalue weighted by atomic mass is 19.4. The van der Waals surface area contributed by atoms with Crippen LogP contribution >= 0.6 is 0 Å². The summed E-state index contributed by atoms with van der Waals surface area (Å²) in [6.45, 7) is 3.13. The number of amides is 1.